The van der Waals surface area contributed by atoms with E-state index in [1.54, 1.807) is 13.0 Å². The van der Waals surface area contributed by atoms with Gasteiger partial charge in [0.2, 0.25) is 5.91 Å². The molecule has 0 spiro atoms. The summed E-state index contributed by atoms with van der Waals surface area (Å²) in [4.78, 5) is 33.9. The van der Waals surface area contributed by atoms with Crippen LogP contribution in [-0.4, -0.2) is 70.4 Å². The van der Waals surface area contributed by atoms with E-state index in [-0.39, 0.29) is 11.8 Å². The molecule has 4 rings (SSSR count). The van der Waals surface area contributed by atoms with Gasteiger partial charge in [-0.1, -0.05) is 11.3 Å². The number of rotatable bonds is 4. The number of likely N-dealkylation sites (N-methyl/N-ethyl adjacent to an activating group) is 1. The van der Waals surface area contributed by atoms with Crippen molar-refractivity contribution in [3.05, 3.63) is 48.3 Å². The van der Waals surface area contributed by atoms with E-state index in [0.29, 0.717) is 18.7 Å². The fourth-order valence-corrected chi connectivity index (χ4v) is 4.24. The van der Waals surface area contributed by atoms with Crippen LogP contribution < -0.4 is 5.32 Å². The molecule has 3 aromatic rings. The summed E-state index contributed by atoms with van der Waals surface area (Å²) >= 11 is 1.53. The zero-order chi connectivity index (χ0) is 19.7. The fraction of sp³-hybridized carbons (Fsp3) is 0.350. The van der Waals surface area contributed by atoms with Gasteiger partial charge >= 0.3 is 0 Å². The Morgan fingerprint density at radius 3 is 2.57 bits per heavy atom. The minimum Gasteiger partial charge on any atom is -0.341 e. The van der Waals surface area contributed by atoms with Crippen molar-refractivity contribution in [1.82, 2.24) is 24.7 Å². The maximum atomic E-state index is 12.7. The summed E-state index contributed by atoms with van der Waals surface area (Å²) in [6.07, 6.45) is 3.88. The Morgan fingerprint density at radius 1 is 1.14 bits per heavy atom. The van der Waals surface area contributed by atoms with E-state index in [2.05, 4.69) is 15.2 Å². The summed E-state index contributed by atoms with van der Waals surface area (Å²) in [6.45, 7) is 4.86. The van der Waals surface area contributed by atoms with Crippen molar-refractivity contribution in [3.8, 4) is 5.13 Å². The average molecular weight is 398 g/mol. The third-order valence-electron chi connectivity index (χ3n) is 5.00. The summed E-state index contributed by atoms with van der Waals surface area (Å²) < 4.78 is 2.88. The maximum Gasteiger partial charge on any atom is 0.251 e. The van der Waals surface area contributed by atoms with Gasteiger partial charge in [0.15, 0.2) is 5.13 Å². The summed E-state index contributed by atoms with van der Waals surface area (Å²) in [7, 11) is 2.05. The van der Waals surface area contributed by atoms with Crippen LogP contribution in [0, 0.1) is 0 Å². The van der Waals surface area contributed by atoms with Crippen LogP contribution in [0.15, 0.2) is 42.7 Å². The number of benzene rings is 1. The molecule has 0 saturated carbocycles. The smallest absolute Gasteiger partial charge is 0.251 e. The van der Waals surface area contributed by atoms with E-state index in [1.807, 2.05) is 53.2 Å². The molecule has 1 aromatic carbocycles. The van der Waals surface area contributed by atoms with Gasteiger partial charge in [0, 0.05) is 44.1 Å². The quantitative estimate of drug-likeness (QED) is 0.731. The molecule has 0 unspecified atom stereocenters. The summed E-state index contributed by atoms with van der Waals surface area (Å²) in [6, 6.07) is 8.78. The zero-order valence-electron chi connectivity index (χ0n) is 16.0. The lowest BCUT2D eigenvalue weighted by Crippen LogP contribution is -2.53. The van der Waals surface area contributed by atoms with E-state index >= 15 is 0 Å². The number of piperazine rings is 1. The molecule has 1 N–H and O–H groups in total. The van der Waals surface area contributed by atoms with Gasteiger partial charge in [-0.25, -0.2) is 4.98 Å². The van der Waals surface area contributed by atoms with Crippen molar-refractivity contribution >= 4 is 33.4 Å². The van der Waals surface area contributed by atoms with Crippen molar-refractivity contribution in [3.63, 3.8) is 0 Å². The highest BCUT2D eigenvalue weighted by atomic mass is 32.1. The number of fused-ring (bicyclic) bond motifs is 1. The Kier molecular flexibility index (Phi) is 5.15. The first-order chi connectivity index (χ1) is 13.5. The Balaban J connectivity index is 1.45. The molecule has 0 aliphatic carbocycles. The predicted molar refractivity (Wildman–Crippen MR) is 110 cm³/mol. The lowest BCUT2D eigenvalue weighted by atomic mass is 10.1. The average Bonchev–Trinajstić information content (AvgIpc) is 3.36. The maximum absolute atomic E-state index is 12.7. The molecule has 1 atom stereocenters. The van der Waals surface area contributed by atoms with Crippen LogP contribution in [0.4, 0.5) is 0 Å². The number of amides is 2. The van der Waals surface area contributed by atoms with Gasteiger partial charge in [0.1, 0.15) is 6.04 Å². The second kappa shape index (κ2) is 7.73. The van der Waals surface area contributed by atoms with Gasteiger partial charge in [0.25, 0.3) is 5.91 Å². The number of nitrogens with one attached hydrogen (secondary N) is 1. The highest BCUT2D eigenvalue weighted by Crippen LogP contribution is 2.26. The lowest BCUT2D eigenvalue weighted by molar-refractivity contribution is -0.134. The minimum atomic E-state index is -0.552. The van der Waals surface area contributed by atoms with E-state index in [9.17, 15) is 9.59 Å². The van der Waals surface area contributed by atoms with E-state index in [1.165, 1.54) is 11.3 Å². The van der Waals surface area contributed by atoms with Crippen LogP contribution in [0.5, 0.6) is 0 Å². The van der Waals surface area contributed by atoms with Gasteiger partial charge in [-0.3, -0.25) is 9.59 Å². The van der Waals surface area contributed by atoms with Crippen LogP contribution in [-0.2, 0) is 4.79 Å². The Labute approximate surface area is 167 Å². The number of nitrogens with zero attached hydrogens (tertiary/aromatic N) is 4. The molecule has 2 amide bonds. The summed E-state index contributed by atoms with van der Waals surface area (Å²) in [5.41, 5.74) is 1.39. The van der Waals surface area contributed by atoms with Gasteiger partial charge in [0.05, 0.1) is 10.2 Å². The molecule has 1 aliphatic rings. The van der Waals surface area contributed by atoms with Crippen molar-refractivity contribution in [2.24, 2.45) is 0 Å². The van der Waals surface area contributed by atoms with E-state index < -0.39 is 6.04 Å². The SMILES string of the molecule is C[C@H](NC(=O)c1ccc2nc(-n3cccc3)sc2c1)C(=O)N1CCN(C)CC1. The van der Waals surface area contributed by atoms with Crippen LogP contribution in [0.1, 0.15) is 17.3 Å². The molecule has 1 aliphatic heterocycles. The molecule has 1 saturated heterocycles. The second-order valence-corrected chi connectivity index (χ2v) is 8.10. The Morgan fingerprint density at radius 2 is 1.86 bits per heavy atom. The third-order valence-corrected chi connectivity index (χ3v) is 6.03. The van der Waals surface area contributed by atoms with Crippen LogP contribution in [0.3, 0.4) is 0 Å². The minimum absolute atomic E-state index is 0.0322. The Bertz CT molecular complexity index is 989. The van der Waals surface area contributed by atoms with Gasteiger partial charge in [-0.05, 0) is 44.3 Å². The molecule has 7 nitrogen and oxygen atoms in total. The molecule has 8 heteroatoms. The number of aromatic nitrogens is 2. The van der Waals surface area contributed by atoms with Gasteiger partial charge < -0.3 is 19.7 Å². The molecule has 3 heterocycles. The fourth-order valence-electron chi connectivity index (χ4n) is 3.27. The second-order valence-electron chi connectivity index (χ2n) is 7.09. The third kappa shape index (κ3) is 3.79. The molecular weight excluding hydrogens is 374 g/mol. The van der Waals surface area contributed by atoms with Gasteiger partial charge in [-0.2, -0.15) is 0 Å². The first-order valence-electron chi connectivity index (χ1n) is 9.33. The molecule has 0 bridgehead atoms. The molecule has 146 valence electrons. The summed E-state index contributed by atoms with van der Waals surface area (Å²) in [5, 5.41) is 3.70. The Hall–Kier alpha value is -2.71. The monoisotopic (exact) mass is 397 g/mol. The number of thiazole rings is 1. The van der Waals surface area contributed by atoms with Crippen molar-refractivity contribution in [1.29, 1.82) is 0 Å². The van der Waals surface area contributed by atoms with Crippen LogP contribution in [0.2, 0.25) is 0 Å². The van der Waals surface area contributed by atoms with Crippen molar-refractivity contribution in [2.75, 3.05) is 33.2 Å². The van der Waals surface area contributed by atoms with Crippen molar-refractivity contribution in [2.45, 2.75) is 13.0 Å². The standard InChI is InChI=1S/C20H23N5O2S/c1-14(19(27)24-11-9-23(2)10-12-24)21-18(26)15-5-6-16-17(13-15)28-20(22-16)25-7-3-4-8-25/h3-8,13-14H,9-12H2,1-2H3,(H,21,26)/t14-/m0/s1. The topological polar surface area (TPSA) is 70.5 Å². The number of carbonyl (C=O) groups is 2. The highest BCUT2D eigenvalue weighted by Gasteiger charge is 2.25. The normalized spacial score (nSPS) is 16.3. The largest absolute Gasteiger partial charge is 0.341 e. The zero-order valence-corrected chi connectivity index (χ0v) is 16.8. The molecule has 2 aromatic heterocycles. The molecule has 1 fully saturated rings. The van der Waals surface area contributed by atoms with Crippen molar-refractivity contribution < 1.29 is 9.59 Å². The first kappa shape index (κ1) is 18.6. The first-order valence-corrected chi connectivity index (χ1v) is 10.1. The highest BCUT2D eigenvalue weighted by molar-refractivity contribution is 7.20. The molecular formula is C20H23N5O2S. The van der Waals surface area contributed by atoms with Crippen LogP contribution in [0.25, 0.3) is 15.3 Å². The molecule has 0 radical (unpaired) electrons. The molecule has 28 heavy (non-hydrogen) atoms. The summed E-state index contributed by atoms with van der Waals surface area (Å²) in [5.74, 6) is -0.275. The van der Waals surface area contributed by atoms with Crippen LogP contribution >= 0.6 is 11.3 Å². The van der Waals surface area contributed by atoms with Gasteiger partial charge in [-0.15, -0.1) is 0 Å². The van der Waals surface area contributed by atoms with E-state index in [4.69, 9.17) is 0 Å². The predicted octanol–water partition coefficient (Wildman–Crippen LogP) is 1.98. The lowest BCUT2D eigenvalue weighted by Gasteiger charge is -2.34. The number of hydrogen-bond donors (Lipinski definition) is 1. The number of carbonyl (C=O) groups excluding carboxylic acids is 2. The number of hydrogen-bond acceptors (Lipinski definition) is 5. The van der Waals surface area contributed by atoms with E-state index in [0.717, 1.165) is 28.4 Å².